The molecule has 0 spiro atoms. The molecule has 3 aromatic rings. The quantitative estimate of drug-likeness (QED) is 0.748. The Morgan fingerprint density at radius 1 is 1.29 bits per heavy atom. The van der Waals surface area contributed by atoms with E-state index in [1.807, 2.05) is 11.6 Å². The number of rotatable bonds is 4. The number of pyridine rings is 1. The van der Waals surface area contributed by atoms with Crippen molar-refractivity contribution in [3.05, 3.63) is 63.6 Å². The Kier molecular flexibility index (Phi) is 4.77. The molecular formula is C20H22N6O2. The predicted molar refractivity (Wildman–Crippen MR) is 104 cm³/mol. The van der Waals surface area contributed by atoms with E-state index >= 15 is 0 Å². The van der Waals surface area contributed by atoms with Gasteiger partial charge in [-0.1, -0.05) is 6.92 Å². The summed E-state index contributed by atoms with van der Waals surface area (Å²) in [6, 6.07) is 3.59. The van der Waals surface area contributed by atoms with Gasteiger partial charge in [-0.2, -0.15) is 5.10 Å². The highest BCUT2D eigenvalue weighted by Gasteiger charge is 2.27. The maximum atomic E-state index is 13.0. The van der Waals surface area contributed by atoms with E-state index in [4.69, 9.17) is 0 Å². The highest BCUT2D eigenvalue weighted by atomic mass is 16.2. The number of aromatic nitrogens is 5. The van der Waals surface area contributed by atoms with Gasteiger partial charge in [0.05, 0.1) is 24.0 Å². The van der Waals surface area contributed by atoms with Gasteiger partial charge >= 0.3 is 0 Å². The van der Waals surface area contributed by atoms with Crippen molar-refractivity contribution in [2.24, 2.45) is 0 Å². The monoisotopic (exact) mass is 378 g/mol. The summed E-state index contributed by atoms with van der Waals surface area (Å²) < 4.78 is 1.86. The normalized spacial score (nSPS) is 13.4. The van der Waals surface area contributed by atoms with Crippen molar-refractivity contribution in [3.63, 3.8) is 0 Å². The number of hydrogen-bond donors (Lipinski definition) is 1. The molecule has 0 unspecified atom stereocenters. The van der Waals surface area contributed by atoms with Crippen LogP contribution in [0.15, 0.2) is 35.5 Å². The zero-order chi connectivity index (χ0) is 19.7. The molecule has 1 N–H and O–H groups in total. The number of nitrogens with zero attached hydrogens (tertiary/aromatic N) is 5. The van der Waals surface area contributed by atoms with Gasteiger partial charge in [0.2, 0.25) is 0 Å². The van der Waals surface area contributed by atoms with E-state index in [1.165, 1.54) is 0 Å². The van der Waals surface area contributed by atoms with E-state index in [2.05, 4.69) is 27.0 Å². The van der Waals surface area contributed by atoms with Crippen LogP contribution in [-0.4, -0.2) is 42.1 Å². The Balaban J connectivity index is 1.63. The fourth-order valence-corrected chi connectivity index (χ4v) is 3.52. The number of carbonyl (C=O) groups excluding carboxylic acids is 1. The van der Waals surface area contributed by atoms with E-state index in [0.717, 1.165) is 24.2 Å². The van der Waals surface area contributed by atoms with Gasteiger partial charge in [-0.3, -0.25) is 19.3 Å². The molecule has 0 bridgehead atoms. The molecule has 8 nitrogen and oxygen atoms in total. The minimum absolute atomic E-state index is 0.0713. The van der Waals surface area contributed by atoms with Crippen LogP contribution in [-0.2, 0) is 19.5 Å². The molecule has 8 heteroatoms. The number of nitrogens with one attached hydrogen (secondary N) is 1. The number of carbonyl (C=O) groups is 1. The lowest BCUT2D eigenvalue weighted by molar-refractivity contribution is 0.0730. The summed E-state index contributed by atoms with van der Waals surface area (Å²) in [6.07, 6.45) is 6.39. The van der Waals surface area contributed by atoms with Gasteiger partial charge in [0.25, 0.3) is 11.5 Å². The van der Waals surface area contributed by atoms with Crippen LogP contribution in [0.2, 0.25) is 0 Å². The van der Waals surface area contributed by atoms with Gasteiger partial charge in [0.1, 0.15) is 5.82 Å². The van der Waals surface area contributed by atoms with Crippen molar-refractivity contribution in [2.45, 2.75) is 39.8 Å². The summed E-state index contributed by atoms with van der Waals surface area (Å²) in [5.41, 5.74) is 3.42. The van der Waals surface area contributed by atoms with Crippen LogP contribution in [0.25, 0.3) is 11.4 Å². The number of fused-ring (bicyclic) bond motifs is 1. The first-order valence-corrected chi connectivity index (χ1v) is 9.42. The first-order chi connectivity index (χ1) is 13.6. The number of aromatic amines is 1. The first kappa shape index (κ1) is 18.1. The third kappa shape index (κ3) is 3.21. The number of amides is 1. The smallest absolute Gasteiger partial charge is 0.257 e. The van der Waals surface area contributed by atoms with Crippen LogP contribution in [0.3, 0.4) is 0 Å². The van der Waals surface area contributed by atoms with Gasteiger partial charge < -0.3 is 9.88 Å². The molecule has 1 amide bonds. The second kappa shape index (κ2) is 7.38. The average molecular weight is 378 g/mol. The van der Waals surface area contributed by atoms with E-state index in [-0.39, 0.29) is 11.5 Å². The lowest BCUT2D eigenvalue weighted by Crippen LogP contribution is -2.39. The van der Waals surface area contributed by atoms with E-state index < -0.39 is 0 Å². The van der Waals surface area contributed by atoms with Crippen molar-refractivity contribution < 1.29 is 4.79 Å². The topological polar surface area (TPSA) is 96.8 Å². The fraction of sp³-hybridized carbons (Fsp3) is 0.350. The minimum atomic E-state index is -0.143. The largest absolute Gasteiger partial charge is 0.332 e. The van der Waals surface area contributed by atoms with Gasteiger partial charge in [-0.15, -0.1) is 0 Å². The summed E-state index contributed by atoms with van der Waals surface area (Å²) in [5, 5.41) is 4.33. The Morgan fingerprint density at radius 2 is 2.07 bits per heavy atom. The van der Waals surface area contributed by atoms with Crippen molar-refractivity contribution in [1.29, 1.82) is 0 Å². The van der Waals surface area contributed by atoms with E-state index in [0.29, 0.717) is 42.2 Å². The van der Waals surface area contributed by atoms with Crippen LogP contribution >= 0.6 is 0 Å². The van der Waals surface area contributed by atoms with E-state index in [1.54, 1.807) is 35.6 Å². The molecular weight excluding hydrogens is 356 g/mol. The van der Waals surface area contributed by atoms with E-state index in [9.17, 15) is 9.59 Å². The molecule has 144 valence electrons. The number of aryl methyl sites for hydroxylation is 1. The molecule has 0 aromatic carbocycles. The van der Waals surface area contributed by atoms with Crippen molar-refractivity contribution in [2.75, 3.05) is 6.54 Å². The van der Waals surface area contributed by atoms with Crippen LogP contribution in [0.5, 0.6) is 0 Å². The molecule has 0 atom stereocenters. The van der Waals surface area contributed by atoms with Crippen molar-refractivity contribution in [1.82, 2.24) is 29.6 Å². The number of hydrogen-bond acceptors (Lipinski definition) is 5. The summed E-state index contributed by atoms with van der Waals surface area (Å²) in [4.78, 5) is 38.8. The lowest BCUT2D eigenvalue weighted by Gasteiger charge is -2.27. The molecule has 0 fully saturated rings. The number of H-pyrrole nitrogens is 1. The minimum Gasteiger partial charge on any atom is -0.332 e. The maximum Gasteiger partial charge on any atom is 0.257 e. The van der Waals surface area contributed by atoms with Crippen molar-refractivity contribution >= 4 is 5.91 Å². The molecule has 1 aliphatic heterocycles. The third-order valence-corrected chi connectivity index (χ3v) is 5.08. The molecule has 28 heavy (non-hydrogen) atoms. The standard InChI is InChI=1S/C20H22N6O2/c1-3-9-26-13(2)16(11-22-26)20(28)25-10-6-15-17(12-25)23-18(24-19(15)27)14-4-7-21-8-5-14/h4-5,7-8,11H,3,6,9-10,12H2,1-2H3,(H,23,24,27). The summed E-state index contributed by atoms with van der Waals surface area (Å²) in [7, 11) is 0. The molecule has 0 aliphatic carbocycles. The van der Waals surface area contributed by atoms with Crippen LogP contribution in [0, 0.1) is 6.92 Å². The molecule has 1 aliphatic rings. The van der Waals surface area contributed by atoms with Crippen molar-refractivity contribution in [3.8, 4) is 11.4 Å². The van der Waals surface area contributed by atoms with Gasteiger partial charge in [-0.05, 0) is 31.9 Å². The molecule has 3 aromatic heterocycles. The van der Waals surface area contributed by atoms with Crippen LogP contribution in [0.4, 0.5) is 0 Å². The second-order valence-electron chi connectivity index (χ2n) is 6.92. The van der Waals surface area contributed by atoms with Gasteiger partial charge in [0.15, 0.2) is 0 Å². The Hall–Kier alpha value is -3.29. The zero-order valence-corrected chi connectivity index (χ0v) is 16.0. The summed E-state index contributed by atoms with van der Waals surface area (Å²) >= 11 is 0. The summed E-state index contributed by atoms with van der Waals surface area (Å²) in [5.74, 6) is 0.422. The Morgan fingerprint density at radius 3 is 2.82 bits per heavy atom. The van der Waals surface area contributed by atoms with Gasteiger partial charge in [-0.25, -0.2) is 4.98 Å². The first-order valence-electron chi connectivity index (χ1n) is 9.42. The summed E-state index contributed by atoms with van der Waals surface area (Å²) in [6.45, 7) is 5.58. The van der Waals surface area contributed by atoms with Gasteiger partial charge in [0, 0.05) is 42.3 Å². The Labute approximate surface area is 162 Å². The fourth-order valence-electron chi connectivity index (χ4n) is 3.52. The highest BCUT2D eigenvalue weighted by Crippen LogP contribution is 2.21. The zero-order valence-electron chi connectivity index (χ0n) is 16.0. The SMILES string of the molecule is CCCn1ncc(C(=O)N2CCc3c(nc(-c4ccncc4)[nH]c3=O)C2)c1C. The highest BCUT2D eigenvalue weighted by molar-refractivity contribution is 5.95. The third-order valence-electron chi connectivity index (χ3n) is 5.08. The predicted octanol–water partition coefficient (Wildman–Crippen LogP) is 1.95. The average Bonchev–Trinajstić information content (AvgIpc) is 3.08. The molecule has 0 saturated heterocycles. The molecule has 4 rings (SSSR count). The molecule has 0 radical (unpaired) electrons. The Bertz CT molecular complexity index is 1070. The van der Waals surface area contributed by atoms with Crippen LogP contribution in [0.1, 0.15) is 40.7 Å². The second-order valence-corrected chi connectivity index (χ2v) is 6.92. The molecule has 0 saturated carbocycles. The maximum absolute atomic E-state index is 13.0. The molecule has 4 heterocycles. The van der Waals surface area contributed by atoms with Crippen LogP contribution < -0.4 is 5.56 Å². The lowest BCUT2D eigenvalue weighted by atomic mass is 10.0.